The van der Waals surface area contributed by atoms with Gasteiger partial charge in [0.1, 0.15) is 28.2 Å². The standard InChI is InChI=1S/C24H16O4/c1-26-17-12-10-15(11-13-17)22-18-7-3-5-9-20(18)28-24(25)23(22)21-14-16-6-2-4-8-19(16)27-21/h2-14H,1H3. The molecule has 5 aromatic rings. The van der Waals surface area contributed by atoms with Crippen molar-refractivity contribution in [2.75, 3.05) is 7.11 Å². The monoisotopic (exact) mass is 368 g/mol. The summed E-state index contributed by atoms with van der Waals surface area (Å²) >= 11 is 0. The minimum Gasteiger partial charge on any atom is -0.497 e. The van der Waals surface area contributed by atoms with Crippen LogP contribution in [0.25, 0.3) is 44.4 Å². The van der Waals surface area contributed by atoms with Crippen molar-refractivity contribution < 1.29 is 13.6 Å². The van der Waals surface area contributed by atoms with E-state index < -0.39 is 5.63 Å². The van der Waals surface area contributed by atoms with Gasteiger partial charge in [-0.15, -0.1) is 0 Å². The van der Waals surface area contributed by atoms with Gasteiger partial charge in [-0.05, 0) is 35.9 Å². The summed E-state index contributed by atoms with van der Waals surface area (Å²) < 4.78 is 16.9. The Morgan fingerprint density at radius 3 is 2.21 bits per heavy atom. The molecule has 5 rings (SSSR count). The van der Waals surface area contributed by atoms with Gasteiger partial charge in [-0.3, -0.25) is 0 Å². The average molecular weight is 368 g/mol. The molecule has 2 heterocycles. The lowest BCUT2D eigenvalue weighted by Crippen LogP contribution is -2.05. The van der Waals surface area contributed by atoms with Gasteiger partial charge in [0.25, 0.3) is 0 Å². The Morgan fingerprint density at radius 2 is 1.46 bits per heavy atom. The van der Waals surface area contributed by atoms with Gasteiger partial charge >= 0.3 is 5.63 Å². The van der Waals surface area contributed by atoms with Crippen LogP contribution in [-0.2, 0) is 0 Å². The fourth-order valence-corrected chi connectivity index (χ4v) is 3.54. The molecule has 0 unspecified atom stereocenters. The summed E-state index contributed by atoms with van der Waals surface area (Å²) in [4.78, 5) is 13.0. The quantitative estimate of drug-likeness (QED) is 0.373. The van der Waals surface area contributed by atoms with Crippen molar-refractivity contribution in [1.82, 2.24) is 0 Å². The zero-order valence-corrected chi connectivity index (χ0v) is 15.1. The highest BCUT2D eigenvalue weighted by Crippen LogP contribution is 2.38. The summed E-state index contributed by atoms with van der Waals surface area (Å²) in [6.07, 6.45) is 0. The Balaban J connectivity index is 1.87. The summed E-state index contributed by atoms with van der Waals surface area (Å²) in [5.74, 6) is 1.24. The third-order valence-corrected chi connectivity index (χ3v) is 4.86. The van der Waals surface area contributed by atoms with Crippen molar-refractivity contribution in [2.24, 2.45) is 0 Å². The summed E-state index contributed by atoms with van der Waals surface area (Å²) in [6.45, 7) is 0. The molecule has 0 fully saturated rings. The van der Waals surface area contributed by atoms with Crippen LogP contribution in [0.3, 0.4) is 0 Å². The molecule has 4 nitrogen and oxygen atoms in total. The number of benzene rings is 3. The van der Waals surface area contributed by atoms with Crippen LogP contribution in [-0.4, -0.2) is 7.11 Å². The molecule has 0 atom stereocenters. The first kappa shape index (κ1) is 16.4. The second kappa shape index (κ2) is 6.43. The molecule has 0 bridgehead atoms. The number of methoxy groups -OCH3 is 1. The van der Waals surface area contributed by atoms with Crippen molar-refractivity contribution in [2.45, 2.75) is 0 Å². The lowest BCUT2D eigenvalue weighted by atomic mass is 9.95. The maximum absolute atomic E-state index is 13.0. The molecule has 0 saturated carbocycles. The van der Waals surface area contributed by atoms with Gasteiger partial charge in [-0.1, -0.05) is 48.5 Å². The van der Waals surface area contributed by atoms with Crippen molar-refractivity contribution >= 4 is 21.9 Å². The Kier molecular flexibility index (Phi) is 3.76. The third-order valence-electron chi connectivity index (χ3n) is 4.86. The molecular formula is C24H16O4. The Hall–Kier alpha value is -3.79. The van der Waals surface area contributed by atoms with E-state index in [-0.39, 0.29) is 0 Å². The molecule has 3 aromatic carbocycles. The molecule has 0 radical (unpaired) electrons. The number of para-hydroxylation sites is 2. The lowest BCUT2D eigenvalue weighted by molar-refractivity contribution is 0.415. The lowest BCUT2D eigenvalue weighted by Gasteiger charge is -2.11. The second-order valence-electron chi connectivity index (χ2n) is 6.51. The first-order valence-corrected chi connectivity index (χ1v) is 8.94. The van der Waals surface area contributed by atoms with E-state index in [0.29, 0.717) is 16.9 Å². The van der Waals surface area contributed by atoms with Crippen molar-refractivity contribution in [3.05, 3.63) is 89.3 Å². The molecular weight excluding hydrogens is 352 g/mol. The van der Waals surface area contributed by atoms with E-state index in [1.165, 1.54) is 0 Å². The number of ether oxygens (including phenoxy) is 1. The van der Waals surface area contributed by atoms with E-state index in [1.54, 1.807) is 13.2 Å². The van der Waals surface area contributed by atoms with Gasteiger partial charge in [-0.25, -0.2) is 4.79 Å². The topological polar surface area (TPSA) is 52.6 Å². The fraction of sp³-hybridized carbons (Fsp3) is 0.0417. The van der Waals surface area contributed by atoms with Crippen LogP contribution in [0.4, 0.5) is 0 Å². The molecule has 28 heavy (non-hydrogen) atoms. The Morgan fingerprint density at radius 1 is 0.750 bits per heavy atom. The van der Waals surface area contributed by atoms with E-state index in [0.717, 1.165) is 33.2 Å². The molecule has 0 saturated heterocycles. The highest BCUT2D eigenvalue weighted by molar-refractivity contribution is 6.01. The van der Waals surface area contributed by atoms with Gasteiger partial charge < -0.3 is 13.6 Å². The van der Waals surface area contributed by atoms with Crippen molar-refractivity contribution in [1.29, 1.82) is 0 Å². The van der Waals surface area contributed by atoms with Gasteiger partial charge in [-0.2, -0.15) is 0 Å². The largest absolute Gasteiger partial charge is 0.497 e. The predicted octanol–water partition coefficient (Wildman–Crippen LogP) is 5.88. The molecule has 0 aliphatic heterocycles. The van der Waals surface area contributed by atoms with Crippen LogP contribution >= 0.6 is 0 Å². The number of fused-ring (bicyclic) bond motifs is 2. The smallest absolute Gasteiger partial charge is 0.348 e. The van der Waals surface area contributed by atoms with Gasteiger partial charge in [0, 0.05) is 16.3 Å². The molecule has 0 aliphatic rings. The maximum Gasteiger partial charge on any atom is 0.348 e. The molecule has 0 aliphatic carbocycles. The third kappa shape index (κ3) is 2.58. The zero-order chi connectivity index (χ0) is 19.1. The van der Waals surface area contributed by atoms with Crippen LogP contribution in [0.2, 0.25) is 0 Å². The summed E-state index contributed by atoms with van der Waals surface area (Å²) in [6, 6.07) is 24.7. The van der Waals surface area contributed by atoms with E-state index in [1.807, 2.05) is 72.8 Å². The van der Waals surface area contributed by atoms with Gasteiger partial charge in [0.15, 0.2) is 0 Å². The Bertz CT molecular complexity index is 1320. The normalized spacial score (nSPS) is 11.2. The number of furan rings is 1. The van der Waals surface area contributed by atoms with Crippen LogP contribution < -0.4 is 10.4 Å². The van der Waals surface area contributed by atoms with Gasteiger partial charge in [0.05, 0.1) is 7.11 Å². The average Bonchev–Trinajstić information content (AvgIpc) is 3.16. The van der Waals surface area contributed by atoms with Crippen LogP contribution in [0.15, 0.2) is 92.5 Å². The zero-order valence-electron chi connectivity index (χ0n) is 15.1. The van der Waals surface area contributed by atoms with Gasteiger partial charge in [0.2, 0.25) is 0 Å². The first-order chi connectivity index (χ1) is 13.7. The van der Waals surface area contributed by atoms with E-state index in [9.17, 15) is 4.79 Å². The SMILES string of the molecule is COc1ccc(-c2c(-c3cc4ccccc4o3)c(=O)oc3ccccc23)cc1. The molecule has 136 valence electrons. The highest BCUT2D eigenvalue weighted by atomic mass is 16.5. The maximum atomic E-state index is 13.0. The molecule has 0 N–H and O–H groups in total. The van der Waals surface area contributed by atoms with E-state index >= 15 is 0 Å². The van der Waals surface area contributed by atoms with E-state index in [4.69, 9.17) is 13.6 Å². The second-order valence-corrected chi connectivity index (χ2v) is 6.51. The minimum absolute atomic E-state index is 0.417. The molecule has 0 amide bonds. The highest BCUT2D eigenvalue weighted by Gasteiger charge is 2.21. The Labute approximate surface area is 160 Å². The first-order valence-electron chi connectivity index (χ1n) is 8.94. The molecule has 4 heteroatoms. The van der Waals surface area contributed by atoms with Crippen LogP contribution in [0.5, 0.6) is 5.75 Å². The van der Waals surface area contributed by atoms with E-state index in [2.05, 4.69) is 0 Å². The van der Waals surface area contributed by atoms with Crippen LogP contribution in [0, 0.1) is 0 Å². The molecule has 2 aromatic heterocycles. The minimum atomic E-state index is -0.427. The molecule has 0 spiro atoms. The summed E-state index contributed by atoms with van der Waals surface area (Å²) in [5, 5.41) is 1.79. The van der Waals surface area contributed by atoms with Crippen molar-refractivity contribution in [3.63, 3.8) is 0 Å². The summed E-state index contributed by atoms with van der Waals surface area (Å²) in [5.41, 5.74) is 2.93. The fourth-order valence-electron chi connectivity index (χ4n) is 3.54. The number of hydrogen-bond acceptors (Lipinski definition) is 4. The summed E-state index contributed by atoms with van der Waals surface area (Å²) in [7, 11) is 1.63. The van der Waals surface area contributed by atoms with Crippen LogP contribution in [0.1, 0.15) is 0 Å². The number of hydrogen-bond donors (Lipinski definition) is 0. The predicted molar refractivity (Wildman–Crippen MR) is 110 cm³/mol. The van der Waals surface area contributed by atoms with Crippen molar-refractivity contribution in [3.8, 4) is 28.2 Å². The number of rotatable bonds is 3.